The number of hydrogen-bond donors (Lipinski definition) is 0. The van der Waals surface area contributed by atoms with Crippen molar-refractivity contribution < 1.29 is 4.98 Å². The highest BCUT2D eigenvalue weighted by molar-refractivity contribution is 7.97. The molecule has 0 aliphatic heterocycles. The third-order valence-electron chi connectivity index (χ3n) is 0.816. The lowest BCUT2D eigenvalue weighted by molar-refractivity contribution is -0.426. The van der Waals surface area contributed by atoms with Crippen molar-refractivity contribution >= 4 is 11.9 Å². The van der Waals surface area contributed by atoms with Crippen LogP contribution in [0.1, 0.15) is 0 Å². The molecule has 1 N–H and O–H groups in total. The molecule has 3 nitrogen and oxygen atoms in total. The highest BCUT2D eigenvalue weighted by Gasteiger charge is 1.96. The summed E-state index contributed by atoms with van der Waals surface area (Å²) in [6, 6.07) is 5.46. The predicted molar refractivity (Wildman–Crippen MR) is 34.6 cm³/mol. The monoisotopic (exact) mass is 141 g/mol. The highest BCUT2D eigenvalue weighted by Crippen LogP contribution is 2.10. The van der Waals surface area contributed by atoms with Crippen LogP contribution in [-0.2, 0) is 0 Å². The maximum atomic E-state index is 9.67. The molecule has 0 spiro atoms. The molecular formula is C5H5N2OS+. The van der Waals surface area contributed by atoms with E-state index in [9.17, 15) is 4.91 Å². The lowest BCUT2D eigenvalue weighted by atomic mass is 10.5. The van der Waals surface area contributed by atoms with E-state index in [-0.39, 0.29) is 0 Å². The normalized spacial score (nSPS) is 8.89. The maximum absolute atomic E-state index is 9.67. The van der Waals surface area contributed by atoms with Crippen molar-refractivity contribution in [3.05, 3.63) is 29.3 Å². The Kier molecular flexibility index (Phi) is 2.21. The van der Waals surface area contributed by atoms with Crippen LogP contribution in [0.2, 0.25) is 0 Å². The molecule has 0 aromatic carbocycles. The molecule has 0 atom stereocenters. The van der Waals surface area contributed by atoms with Gasteiger partial charge in [-0.15, -0.1) is 4.91 Å². The summed E-state index contributed by atoms with van der Waals surface area (Å²) in [5.41, 5.74) is 0. The van der Waals surface area contributed by atoms with Crippen LogP contribution in [-0.4, -0.2) is 0 Å². The van der Waals surface area contributed by atoms with Crippen molar-refractivity contribution in [2.75, 3.05) is 0 Å². The molecular weight excluding hydrogens is 136 g/mol. The summed E-state index contributed by atoms with van der Waals surface area (Å²) in [5.74, 6) is 0. The zero-order chi connectivity index (χ0) is 6.53. The smallest absolute Gasteiger partial charge is 0.204 e. The second-order valence-electron chi connectivity index (χ2n) is 1.39. The molecule has 1 rings (SSSR count). The number of rotatable bonds is 2. The van der Waals surface area contributed by atoms with Gasteiger partial charge in [0.15, 0.2) is 6.20 Å². The topological polar surface area (TPSA) is 43.6 Å². The molecule has 0 saturated heterocycles. The lowest BCUT2D eigenvalue weighted by Gasteiger charge is -1.78. The second-order valence-corrected chi connectivity index (χ2v) is 2.16. The van der Waals surface area contributed by atoms with Crippen molar-refractivity contribution in [3.63, 3.8) is 0 Å². The van der Waals surface area contributed by atoms with Crippen LogP contribution in [0.3, 0.4) is 0 Å². The van der Waals surface area contributed by atoms with Crippen molar-refractivity contribution in [1.82, 2.24) is 0 Å². The van der Waals surface area contributed by atoms with Crippen LogP contribution in [0.4, 0.5) is 0 Å². The third kappa shape index (κ3) is 1.81. The number of pyridine rings is 1. The minimum atomic E-state index is 0.757. The van der Waals surface area contributed by atoms with Crippen molar-refractivity contribution in [3.8, 4) is 0 Å². The van der Waals surface area contributed by atoms with E-state index in [4.69, 9.17) is 0 Å². The fourth-order valence-electron chi connectivity index (χ4n) is 0.474. The minimum Gasteiger partial charge on any atom is -0.204 e. The Morgan fingerprint density at radius 2 is 2.44 bits per heavy atom. The van der Waals surface area contributed by atoms with E-state index >= 15 is 0 Å². The van der Waals surface area contributed by atoms with Crippen LogP contribution in [0, 0.1) is 4.91 Å². The van der Waals surface area contributed by atoms with E-state index in [1.54, 1.807) is 12.3 Å². The number of aromatic amines is 1. The van der Waals surface area contributed by atoms with E-state index in [1.165, 1.54) is 0 Å². The average Bonchev–Trinajstić information content (AvgIpc) is 1.91. The first-order valence-corrected chi connectivity index (χ1v) is 3.17. The van der Waals surface area contributed by atoms with Gasteiger partial charge in [0.2, 0.25) is 0 Å². The summed E-state index contributed by atoms with van der Waals surface area (Å²) < 4.78 is 2.64. The van der Waals surface area contributed by atoms with E-state index in [2.05, 4.69) is 9.57 Å². The fraction of sp³-hybridized carbons (Fsp3) is 0. The molecule has 0 unspecified atom stereocenters. The first-order valence-electron chi connectivity index (χ1n) is 2.40. The van der Waals surface area contributed by atoms with Gasteiger partial charge in [-0.05, 0) is 6.07 Å². The van der Waals surface area contributed by atoms with Gasteiger partial charge in [0.25, 0.3) is 5.03 Å². The molecule has 0 radical (unpaired) electrons. The van der Waals surface area contributed by atoms with Gasteiger partial charge >= 0.3 is 0 Å². The molecule has 0 amide bonds. The predicted octanol–water partition coefficient (Wildman–Crippen LogP) is 1.27. The van der Waals surface area contributed by atoms with E-state index in [0.29, 0.717) is 0 Å². The minimum absolute atomic E-state index is 0.757. The summed E-state index contributed by atoms with van der Waals surface area (Å²) in [6.45, 7) is 0. The molecule has 0 saturated carbocycles. The number of aromatic nitrogens is 1. The van der Waals surface area contributed by atoms with Crippen LogP contribution >= 0.6 is 11.9 Å². The van der Waals surface area contributed by atoms with Crippen molar-refractivity contribution in [1.29, 1.82) is 0 Å². The summed E-state index contributed by atoms with van der Waals surface area (Å²) >= 11 is 0.889. The number of hydrogen-bond acceptors (Lipinski definition) is 3. The van der Waals surface area contributed by atoms with Crippen LogP contribution in [0.25, 0.3) is 0 Å². The number of H-pyrrole nitrogens is 1. The van der Waals surface area contributed by atoms with Gasteiger partial charge in [-0.25, -0.2) is 4.98 Å². The summed E-state index contributed by atoms with van der Waals surface area (Å²) in [5, 5.41) is 0.757. The standard InChI is InChI=1S/C5H4N2OS/c8-7-9-5-3-1-2-4-6-5/h1-4H/p+1. The van der Waals surface area contributed by atoms with E-state index in [1.807, 2.05) is 12.1 Å². The van der Waals surface area contributed by atoms with Crippen molar-refractivity contribution in [2.24, 2.45) is 4.58 Å². The molecule has 0 bridgehead atoms. The Bertz CT molecular complexity index is 189. The largest absolute Gasteiger partial charge is 0.264 e. The maximum Gasteiger partial charge on any atom is 0.264 e. The van der Waals surface area contributed by atoms with Crippen LogP contribution in [0.5, 0.6) is 0 Å². The summed E-state index contributed by atoms with van der Waals surface area (Å²) in [7, 11) is 0. The highest BCUT2D eigenvalue weighted by atomic mass is 32.2. The Morgan fingerprint density at radius 3 is 3.00 bits per heavy atom. The Morgan fingerprint density at radius 1 is 1.56 bits per heavy atom. The SMILES string of the molecule is O=NSc1cccc[nH+]1. The van der Waals surface area contributed by atoms with E-state index in [0.717, 1.165) is 17.0 Å². The van der Waals surface area contributed by atoms with Gasteiger partial charge < -0.3 is 0 Å². The van der Waals surface area contributed by atoms with Gasteiger partial charge in [0, 0.05) is 16.7 Å². The number of nitrogens with zero attached hydrogens (tertiary/aromatic N) is 1. The summed E-state index contributed by atoms with van der Waals surface area (Å²) in [6.07, 6.45) is 1.74. The lowest BCUT2D eigenvalue weighted by Crippen LogP contribution is -2.01. The van der Waals surface area contributed by atoms with Crippen molar-refractivity contribution in [2.45, 2.75) is 5.03 Å². The van der Waals surface area contributed by atoms with Gasteiger partial charge in [-0.1, -0.05) is 0 Å². The number of nitroso groups, excluding NO2 is 1. The molecule has 46 valence electrons. The summed E-state index contributed by atoms with van der Waals surface area (Å²) in [4.78, 5) is 12.5. The average molecular weight is 141 g/mol. The van der Waals surface area contributed by atoms with Gasteiger partial charge in [-0.2, -0.15) is 0 Å². The zero-order valence-electron chi connectivity index (χ0n) is 4.57. The molecule has 4 heteroatoms. The first-order chi connectivity index (χ1) is 4.43. The third-order valence-corrected chi connectivity index (χ3v) is 1.34. The molecule has 9 heavy (non-hydrogen) atoms. The zero-order valence-corrected chi connectivity index (χ0v) is 5.39. The van der Waals surface area contributed by atoms with Gasteiger partial charge in [0.05, 0.1) is 0 Å². The Labute approximate surface area is 56.6 Å². The molecule has 0 aliphatic rings. The Hall–Kier alpha value is -0.900. The molecule has 1 aromatic heterocycles. The first kappa shape index (κ1) is 6.22. The van der Waals surface area contributed by atoms with Crippen LogP contribution < -0.4 is 4.98 Å². The number of nitrogens with one attached hydrogen (secondary N) is 1. The van der Waals surface area contributed by atoms with Crippen LogP contribution in [0.15, 0.2) is 34.0 Å². The molecule has 0 fully saturated rings. The van der Waals surface area contributed by atoms with Gasteiger partial charge in [0.1, 0.15) is 11.9 Å². The fourth-order valence-corrected chi connectivity index (χ4v) is 0.814. The molecule has 0 aliphatic carbocycles. The van der Waals surface area contributed by atoms with Gasteiger partial charge in [-0.3, -0.25) is 0 Å². The molecule has 1 heterocycles. The second kappa shape index (κ2) is 3.19. The Balaban J connectivity index is 2.72. The molecule has 1 aromatic rings. The van der Waals surface area contributed by atoms with E-state index < -0.39 is 0 Å². The quantitative estimate of drug-likeness (QED) is 0.460.